The van der Waals surface area contributed by atoms with Gasteiger partial charge in [0.25, 0.3) is 0 Å². The van der Waals surface area contributed by atoms with Crippen LogP contribution in [0, 0.1) is 0 Å². The van der Waals surface area contributed by atoms with Gasteiger partial charge in [-0.3, -0.25) is 0 Å². The van der Waals surface area contributed by atoms with Gasteiger partial charge in [-0.05, 0) is 36.9 Å². The van der Waals surface area contributed by atoms with Crippen molar-refractivity contribution < 1.29 is 8.78 Å². The Morgan fingerprint density at radius 3 is 2.81 bits per heavy atom. The molecule has 1 nitrogen and oxygen atoms in total. The van der Waals surface area contributed by atoms with Crippen LogP contribution in [-0.2, 0) is 12.8 Å². The highest BCUT2D eigenvalue weighted by molar-refractivity contribution is 5.24. The van der Waals surface area contributed by atoms with Crippen molar-refractivity contribution in [1.29, 1.82) is 0 Å². The van der Waals surface area contributed by atoms with Gasteiger partial charge in [-0.2, -0.15) is 0 Å². The first kappa shape index (κ1) is 11.5. The van der Waals surface area contributed by atoms with E-state index in [1.807, 2.05) is 18.2 Å². The molecule has 2 rings (SSSR count). The number of halogens is 2. The largest absolute Gasteiger partial charge is 0.314 e. The highest BCUT2D eigenvalue weighted by Gasteiger charge is 2.14. The van der Waals surface area contributed by atoms with Gasteiger partial charge in [0.2, 0.25) is 6.43 Å². The lowest BCUT2D eigenvalue weighted by atomic mass is 10.0. The molecule has 1 heterocycles. The molecule has 0 bridgehead atoms. The Hall–Kier alpha value is -0.960. The summed E-state index contributed by atoms with van der Waals surface area (Å²) in [6, 6.07) is 8.11. The summed E-state index contributed by atoms with van der Waals surface area (Å²) in [5.41, 5.74) is 1.91. The Balaban J connectivity index is 1.97. The predicted octanol–water partition coefficient (Wildman–Crippen LogP) is 2.79. The number of alkyl halides is 2. The summed E-state index contributed by atoms with van der Waals surface area (Å²) >= 11 is 0. The van der Waals surface area contributed by atoms with Gasteiger partial charge in [0.05, 0.1) is 0 Å². The van der Waals surface area contributed by atoms with Crippen molar-refractivity contribution in [2.75, 3.05) is 6.54 Å². The molecule has 1 aromatic rings. The molecule has 0 aromatic heterocycles. The minimum absolute atomic E-state index is 0.133. The summed E-state index contributed by atoms with van der Waals surface area (Å²) in [6.07, 6.45) is 0.989. The van der Waals surface area contributed by atoms with Gasteiger partial charge in [-0.15, -0.1) is 0 Å². The molecule has 0 spiro atoms. The molecule has 1 atom stereocenters. The van der Waals surface area contributed by atoms with E-state index < -0.39 is 6.43 Å². The third kappa shape index (κ3) is 3.27. The van der Waals surface area contributed by atoms with Gasteiger partial charge in [-0.25, -0.2) is 8.78 Å². The summed E-state index contributed by atoms with van der Waals surface area (Å²) < 4.78 is 24.5. The molecule has 1 aromatic carbocycles. The fourth-order valence-electron chi connectivity index (χ4n) is 2.28. The van der Waals surface area contributed by atoms with E-state index in [9.17, 15) is 8.78 Å². The second-order valence-corrected chi connectivity index (χ2v) is 4.41. The van der Waals surface area contributed by atoms with Crippen LogP contribution in [0.25, 0.3) is 0 Å². The molecule has 0 aliphatic carbocycles. The minimum Gasteiger partial charge on any atom is -0.314 e. The summed E-state index contributed by atoms with van der Waals surface area (Å²) in [5.74, 6) is 0. The molecule has 1 aliphatic rings. The standard InChI is InChI=1S/C13H17F2N/c14-13(15)9-11-4-1-3-10(7-11)8-12-5-2-6-16-12/h1,3-4,7,12-13,16H,2,5-6,8-9H2. The normalized spacial score (nSPS) is 20.6. The van der Waals surface area contributed by atoms with E-state index >= 15 is 0 Å². The molecular formula is C13H17F2N. The van der Waals surface area contributed by atoms with Gasteiger partial charge >= 0.3 is 0 Å². The first-order chi connectivity index (χ1) is 7.74. The van der Waals surface area contributed by atoms with Crippen molar-refractivity contribution in [3.63, 3.8) is 0 Å². The third-order valence-electron chi connectivity index (χ3n) is 3.03. The van der Waals surface area contributed by atoms with E-state index in [0.717, 1.165) is 24.1 Å². The van der Waals surface area contributed by atoms with Gasteiger partial charge in [0.1, 0.15) is 0 Å². The Morgan fingerprint density at radius 1 is 1.31 bits per heavy atom. The van der Waals surface area contributed by atoms with Crippen molar-refractivity contribution >= 4 is 0 Å². The third-order valence-corrected chi connectivity index (χ3v) is 3.03. The maximum Gasteiger partial charge on any atom is 0.242 e. The first-order valence-electron chi connectivity index (χ1n) is 5.83. The second-order valence-electron chi connectivity index (χ2n) is 4.41. The van der Waals surface area contributed by atoms with Gasteiger partial charge < -0.3 is 5.32 Å². The van der Waals surface area contributed by atoms with Gasteiger partial charge in [0, 0.05) is 12.5 Å². The molecule has 1 aliphatic heterocycles. The Labute approximate surface area is 94.9 Å². The zero-order chi connectivity index (χ0) is 11.4. The molecule has 3 heteroatoms. The predicted molar refractivity (Wildman–Crippen MR) is 60.9 cm³/mol. The lowest BCUT2D eigenvalue weighted by molar-refractivity contribution is 0.149. The fourth-order valence-corrected chi connectivity index (χ4v) is 2.28. The quantitative estimate of drug-likeness (QED) is 0.830. The zero-order valence-electron chi connectivity index (χ0n) is 9.26. The Bertz CT molecular complexity index is 332. The highest BCUT2D eigenvalue weighted by Crippen LogP contribution is 2.15. The van der Waals surface area contributed by atoms with Crippen molar-refractivity contribution in [1.82, 2.24) is 5.32 Å². The number of benzene rings is 1. The summed E-state index contributed by atoms with van der Waals surface area (Å²) in [7, 11) is 0. The van der Waals surface area contributed by atoms with Crippen molar-refractivity contribution in [3.8, 4) is 0 Å². The van der Waals surface area contributed by atoms with E-state index in [1.165, 1.54) is 12.8 Å². The highest BCUT2D eigenvalue weighted by atomic mass is 19.3. The smallest absolute Gasteiger partial charge is 0.242 e. The van der Waals surface area contributed by atoms with Crippen LogP contribution in [0.15, 0.2) is 24.3 Å². The van der Waals surface area contributed by atoms with Crippen LogP contribution in [-0.4, -0.2) is 19.0 Å². The van der Waals surface area contributed by atoms with E-state index in [4.69, 9.17) is 0 Å². The molecule has 1 saturated heterocycles. The molecule has 1 fully saturated rings. The number of nitrogens with one attached hydrogen (secondary N) is 1. The molecular weight excluding hydrogens is 208 g/mol. The maximum atomic E-state index is 12.2. The molecule has 1 unspecified atom stereocenters. The molecule has 1 N–H and O–H groups in total. The maximum absolute atomic E-state index is 12.2. The average molecular weight is 225 g/mol. The topological polar surface area (TPSA) is 12.0 Å². The second kappa shape index (κ2) is 5.39. The number of hydrogen-bond acceptors (Lipinski definition) is 1. The van der Waals surface area contributed by atoms with E-state index in [0.29, 0.717) is 6.04 Å². The van der Waals surface area contributed by atoms with E-state index in [2.05, 4.69) is 5.32 Å². The lowest BCUT2D eigenvalue weighted by Crippen LogP contribution is -2.23. The van der Waals surface area contributed by atoms with Crippen molar-refractivity contribution in [2.45, 2.75) is 38.2 Å². The molecule has 16 heavy (non-hydrogen) atoms. The number of rotatable bonds is 4. The molecule has 0 radical (unpaired) electrons. The van der Waals surface area contributed by atoms with Crippen LogP contribution in [0.2, 0.25) is 0 Å². The van der Waals surface area contributed by atoms with Crippen molar-refractivity contribution in [3.05, 3.63) is 35.4 Å². The number of hydrogen-bond donors (Lipinski definition) is 1. The molecule has 0 amide bonds. The Kier molecular flexibility index (Phi) is 3.88. The van der Waals surface area contributed by atoms with Crippen LogP contribution in [0.5, 0.6) is 0 Å². The molecule has 88 valence electrons. The SMILES string of the molecule is FC(F)Cc1cccc(CC2CCCN2)c1. The summed E-state index contributed by atoms with van der Waals surface area (Å²) in [5, 5.41) is 3.42. The van der Waals surface area contributed by atoms with Gasteiger partial charge in [0.15, 0.2) is 0 Å². The monoisotopic (exact) mass is 225 g/mol. The summed E-state index contributed by atoms with van der Waals surface area (Å²) in [6.45, 7) is 1.08. The van der Waals surface area contributed by atoms with Crippen LogP contribution >= 0.6 is 0 Å². The van der Waals surface area contributed by atoms with E-state index in [1.54, 1.807) is 6.07 Å². The van der Waals surface area contributed by atoms with Crippen molar-refractivity contribution in [2.24, 2.45) is 0 Å². The van der Waals surface area contributed by atoms with Crippen LogP contribution in [0.3, 0.4) is 0 Å². The Morgan fingerprint density at radius 2 is 2.12 bits per heavy atom. The van der Waals surface area contributed by atoms with E-state index in [-0.39, 0.29) is 6.42 Å². The molecule has 0 saturated carbocycles. The zero-order valence-corrected chi connectivity index (χ0v) is 9.26. The van der Waals surface area contributed by atoms with Crippen LogP contribution in [0.1, 0.15) is 24.0 Å². The average Bonchev–Trinajstić information content (AvgIpc) is 2.70. The minimum atomic E-state index is -2.25. The first-order valence-corrected chi connectivity index (χ1v) is 5.83. The van der Waals surface area contributed by atoms with Crippen LogP contribution in [0.4, 0.5) is 8.78 Å². The fraction of sp³-hybridized carbons (Fsp3) is 0.538. The summed E-state index contributed by atoms with van der Waals surface area (Å²) in [4.78, 5) is 0. The van der Waals surface area contributed by atoms with Crippen LogP contribution < -0.4 is 5.32 Å². The van der Waals surface area contributed by atoms with Gasteiger partial charge in [-0.1, -0.05) is 24.3 Å². The lowest BCUT2D eigenvalue weighted by Gasteiger charge is -2.11.